The average molecular weight is 1030 g/mol. The molecule has 5 unspecified atom stereocenters. The maximum Gasteiger partial charge on any atom is 0.160 e. The van der Waals surface area contributed by atoms with Crippen molar-refractivity contribution in [2.45, 2.75) is 118 Å². The maximum absolute atomic E-state index is 5.94. The number of fused-ring (bicyclic) bond motifs is 6. The highest BCUT2D eigenvalue weighted by molar-refractivity contribution is 6.16. The molecule has 0 radical (unpaired) electrons. The maximum atomic E-state index is 5.94. The van der Waals surface area contributed by atoms with Gasteiger partial charge in [-0.3, -0.25) is 0 Å². The number of benzene rings is 7. The number of para-hydroxylation sites is 1. The Morgan fingerprint density at radius 2 is 1.00 bits per heavy atom. The quantitative estimate of drug-likeness (QED) is 0.149. The molecule has 2 heterocycles. The molecule has 1 aliphatic heterocycles. The van der Waals surface area contributed by atoms with Crippen LogP contribution in [-0.2, 0) is 10.8 Å². The molecule has 3 nitrogen and oxygen atoms in total. The van der Waals surface area contributed by atoms with Gasteiger partial charge in [0.05, 0.1) is 29.2 Å². The summed E-state index contributed by atoms with van der Waals surface area (Å²) in [5.74, 6) is 1.35. The predicted octanol–water partition coefficient (Wildman–Crippen LogP) is 20.2. The van der Waals surface area contributed by atoms with Gasteiger partial charge < -0.3 is 4.90 Å². The van der Waals surface area contributed by atoms with Gasteiger partial charge in [0, 0.05) is 40.0 Å². The lowest BCUT2D eigenvalue weighted by molar-refractivity contribution is 0.459. The summed E-state index contributed by atoms with van der Waals surface area (Å²) in [6, 6.07) is 55.0. The lowest BCUT2D eigenvalue weighted by atomic mass is 9.73. The summed E-state index contributed by atoms with van der Waals surface area (Å²) in [5, 5.41) is 4.98. The minimum atomic E-state index is -0.0368. The molecule has 0 spiro atoms. The van der Waals surface area contributed by atoms with E-state index in [0.29, 0.717) is 0 Å². The summed E-state index contributed by atoms with van der Waals surface area (Å²) >= 11 is 0. The minimum Gasteiger partial charge on any atom is -0.356 e. The van der Waals surface area contributed by atoms with E-state index in [0.717, 1.165) is 51.5 Å². The molecule has 7 aromatic carbocycles. The lowest BCUT2D eigenvalue weighted by Crippen LogP contribution is -2.38. The highest BCUT2D eigenvalue weighted by Gasteiger charge is 2.49. The normalized spacial score (nSPS) is 20.2. The van der Waals surface area contributed by atoms with Crippen molar-refractivity contribution < 1.29 is 0 Å². The van der Waals surface area contributed by atoms with Crippen molar-refractivity contribution in [1.29, 1.82) is 0 Å². The lowest BCUT2D eigenvalue weighted by Gasteiger charge is -2.37. The molecule has 396 valence electrons. The minimum absolute atomic E-state index is 0.00414. The van der Waals surface area contributed by atoms with Crippen molar-refractivity contribution in [3.8, 4) is 56.0 Å². The highest BCUT2D eigenvalue weighted by atomic mass is 15.2. The zero-order chi connectivity index (χ0) is 55.2. The first-order valence-corrected chi connectivity index (χ1v) is 28.9. The molecule has 5 atom stereocenters. The van der Waals surface area contributed by atoms with Gasteiger partial charge in [-0.2, -0.15) is 0 Å². The van der Waals surface area contributed by atoms with Gasteiger partial charge >= 0.3 is 0 Å². The van der Waals surface area contributed by atoms with Crippen LogP contribution in [0.5, 0.6) is 0 Å². The van der Waals surface area contributed by atoms with E-state index in [9.17, 15) is 0 Å². The van der Waals surface area contributed by atoms with Gasteiger partial charge in [-0.05, 0) is 112 Å². The van der Waals surface area contributed by atoms with Crippen molar-refractivity contribution in [3.63, 3.8) is 0 Å². The van der Waals surface area contributed by atoms with Gasteiger partial charge in [0.1, 0.15) is 0 Å². The molecule has 0 N–H and O–H groups in total. The zero-order valence-electron chi connectivity index (χ0n) is 48.6. The Kier molecular flexibility index (Phi) is 12.9. The molecule has 4 aliphatic rings. The smallest absolute Gasteiger partial charge is 0.160 e. The summed E-state index contributed by atoms with van der Waals surface area (Å²) in [6.07, 6.45) is 24.9. The SMILES string of the molecule is CC(C)(C)C1=CC2C3C=C(C(C)(C)C)C=CC3N(c3c(-c4ccccc4)cccc3-c3cc(C4C=CC=CC4)nc(-c4cccc(-c5ccccc5)c4-c4cc5ccc(C(C)(C)C)cc5c5cc(C(C)(C)C)ccc45)n3)C2C=C1. The van der Waals surface area contributed by atoms with Crippen LogP contribution in [0.1, 0.15) is 112 Å². The van der Waals surface area contributed by atoms with Gasteiger partial charge in [-0.25, -0.2) is 9.97 Å². The van der Waals surface area contributed by atoms with Crippen LogP contribution in [0.4, 0.5) is 5.69 Å². The van der Waals surface area contributed by atoms with Gasteiger partial charge in [0.2, 0.25) is 0 Å². The topological polar surface area (TPSA) is 29.0 Å². The van der Waals surface area contributed by atoms with E-state index in [4.69, 9.17) is 9.97 Å². The number of anilines is 1. The van der Waals surface area contributed by atoms with E-state index in [1.54, 1.807) is 0 Å². The summed E-state index contributed by atoms with van der Waals surface area (Å²) in [4.78, 5) is 14.5. The molecule has 79 heavy (non-hydrogen) atoms. The number of hydrogen-bond acceptors (Lipinski definition) is 3. The van der Waals surface area contributed by atoms with E-state index in [2.05, 4.69) is 294 Å². The fourth-order valence-corrected chi connectivity index (χ4v) is 12.9. The van der Waals surface area contributed by atoms with Crippen LogP contribution in [0.15, 0.2) is 217 Å². The van der Waals surface area contributed by atoms with Crippen LogP contribution >= 0.6 is 0 Å². The Bertz CT molecular complexity index is 3820. The van der Waals surface area contributed by atoms with E-state index in [-0.39, 0.29) is 51.5 Å². The molecule has 0 amide bonds. The first-order chi connectivity index (χ1) is 37.7. The van der Waals surface area contributed by atoms with Crippen LogP contribution in [0.25, 0.3) is 77.6 Å². The average Bonchev–Trinajstić information content (AvgIpc) is 3.79. The van der Waals surface area contributed by atoms with Crippen molar-refractivity contribution in [2.75, 3.05) is 4.90 Å². The molecular weight excluding hydrogens is 955 g/mol. The first kappa shape index (κ1) is 52.1. The molecule has 1 fully saturated rings. The fraction of sp³-hybridized carbons (Fsp3) is 0.289. The number of nitrogens with zero attached hydrogens (tertiary/aromatic N) is 3. The van der Waals surface area contributed by atoms with Gasteiger partial charge in [-0.15, -0.1) is 0 Å². The Hall–Kier alpha value is -7.62. The predicted molar refractivity (Wildman–Crippen MR) is 338 cm³/mol. The van der Waals surface area contributed by atoms with E-state index in [1.165, 1.54) is 66.2 Å². The molecule has 0 saturated carbocycles. The number of aromatic nitrogens is 2. The Morgan fingerprint density at radius 3 is 1.58 bits per heavy atom. The first-order valence-electron chi connectivity index (χ1n) is 28.9. The second-order valence-corrected chi connectivity index (χ2v) is 26.9. The van der Waals surface area contributed by atoms with Crippen molar-refractivity contribution in [2.24, 2.45) is 22.7 Å². The number of allylic oxidation sites excluding steroid dienone is 8. The monoisotopic (exact) mass is 1030 g/mol. The molecule has 12 rings (SSSR count). The van der Waals surface area contributed by atoms with Crippen molar-refractivity contribution in [3.05, 3.63) is 234 Å². The Balaban J connectivity index is 1.14. The third-order valence-electron chi connectivity index (χ3n) is 17.4. The van der Waals surface area contributed by atoms with Crippen LogP contribution in [0, 0.1) is 22.7 Å². The molecule has 1 saturated heterocycles. The van der Waals surface area contributed by atoms with Gasteiger partial charge in [0.25, 0.3) is 0 Å². The molecular formula is C76H77N3. The van der Waals surface area contributed by atoms with Crippen molar-refractivity contribution in [1.82, 2.24) is 9.97 Å². The molecule has 8 aromatic rings. The third kappa shape index (κ3) is 9.68. The summed E-state index contributed by atoms with van der Waals surface area (Å²) in [5.41, 5.74) is 17.8. The zero-order valence-corrected chi connectivity index (χ0v) is 48.6. The van der Waals surface area contributed by atoms with Crippen LogP contribution in [-0.4, -0.2) is 22.1 Å². The fourth-order valence-electron chi connectivity index (χ4n) is 12.9. The van der Waals surface area contributed by atoms with Crippen LogP contribution < -0.4 is 4.90 Å². The second-order valence-electron chi connectivity index (χ2n) is 26.9. The highest BCUT2D eigenvalue weighted by Crippen LogP contribution is 2.54. The van der Waals surface area contributed by atoms with E-state index in [1.807, 2.05) is 0 Å². The molecule has 3 heteroatoms. The Morgan fingerprint density at radius 1 is 0.443 bits per heavy atom. The van der Waals surface area contributed by atoms with Crippen molar-refractivity contribution >= 4 is 27.2 Å². The molecule has 3 aliphatic carbocycles. The third-order valence-corrected chi connectivity index (χ3v) is 17.4. The molecule has 0 bridgehead atoms. The van der Waals surface area contributed by atoms with Gasteiger partial charge in [-0.1, -0.05) is 271 Å². The summed E-state index contributed by atoms with van der Waals surface area (Å²) < 4.78 is 0. The Labute approximate surface area is 471 Å². The largest absolute Gasteiger partial charge is 0.356 e. The second kappa shape index (κ2) is 19.6. The standard InChI is InChI=1S/C76H77N3/c1-73(2,3)52-35-34-51-42-65(58-39-36-53(74(4,5)6)44-62(58)61(51)43-52)70-56(48-24-16-13-17-25-48)30-22-33-60(70)72-77-66(50-28-20-15-21-29-50)47-67(78-72)59-32-23-31-57(49-26-18-14-19-27-49)71(59)79-68-40-37-54(75(7,8)9)45-63(68)64-46-55(76(10,11)12)38-41-69(64)79/h13-28,30-47,50,63-64,68-69H,29H2,1-12H3. The van der Waals surface area contributed by atoms with E-state index < -0.39 is 0 Å². The van der Waals surface area contributed by atoms with Crippen LogP contribution in [0.3, 0.4) is 0 Å². The molecule has 1 aromatic heterocycles. The van der Waals surface area contributed by atoms with Crippen LogP contribution in [0.2, 0.25) is 0 Å². The number of rotatable bonds is 7. The summed E-state index contributed by atoms with van der Waals surface area (Å²) in [7, 11) is 0. The van der Waals surface area contributed by atoms with Gasteiger partial charge in [0.15, 0.2) is 5.82 Å². The van der Waals surface area contributed by atoms with E-state index >= 15 is 0 Å². The number of hydrogen-bond donors (Lipinski definition) is 0. The summed E-state index contributed by atoms with van der Waals surface area (Å²) in [6.45, 7) is 28.0.